The van der Waals surface area contributed by atoms with Crippen LogP contribution in [0.5, 0.6) is 0 Å². The molecule has 130 valence electrons. The van der Waals surface area contributed by atoms with E-state index in [9.17, 15) is 9.59 Å². The quantitative estimate of drug-likeness (QED) is 0.234. The van der Waals surface area contributed by atoms with Gasteiger partial charge in [0.05, 0.1) is 6.61 Å². The number of esters is 2. The molecular weight excluding hydrogens is 416 g/mol. The van der Waals surface area contributed by atoms with Gasteiger partial charge in [-0.25, -0.2) is 0 Å². The van der Waals surface area contributed by atoms with Crippen LogP contribution in [-0.2, 0) is 19.1 Å². The van der Waals surface area contributed by atoms with E-state index in [-0.39, 0.29) is 16.8 Å². The highest BCUT2D eigenvalue weighted by Crippen LogP contribution is 2.09. The summed E-state index contributed by atoms with van der Waals surface area (Å²) in [5.41, 5.74) is 0. The molecule has 0 aliphatic carbocycles. The molecule has 0 rings (SSSR count). The zero-order chi connectivity index (χ0) is 16.8. The lowest BCUT2D eigenvalue weighted by Gasteiger charge is -2.08. The molecule has 0 aromatic rings. The van der Waals surface area contributed by atoms with Gasteiger partial charge in [0.1, 0.15) is 6.61 Å². The average Bonchev–Trinajstić information content (AvgIpc) is 2.47. The van der Waals surface area contributed by atoms with Crippen molar-refractivity contribution in [2.75, 3.05) is 13.2 Å². The Labute approximate surface area is 150 Å². The molecule has 0 aromatic heterocycles. The van der Waals surface area contributed by atoms with Gasteiger partial charge in [-0.3, -0.25) is 9.59 Å². The van der Waals surface area contributed by atoms with Crippen LogP contribution in [0.3, 0.4) is 0 Å². The van der Waals surface area contributed by atoms with E-state index in [0.29, 0.717) is 30.9 Å². The number of carbonyl (C=O) groups is 2. The van der Waals surface area contributed by atoms with Crippen LogP contribution in [-0.4, -0.2) is 34.8 Å². The Bertz CT molecular complexity index is 309. The summed E-state index contributed by atoms with van der Waals surface area (Å²) in [7, 11) is 0. The van der Waals surface area contributed by atoms with E-state index in [0.717, 1.165) is 38.5 Å². The van der Waals surface area contributed by atoms with Gasteiger partial charge in [0.2, 0.25) is 0 Å². The molecule has 0 aliphatic rings. The van der Waals surface area contributed by atoms with Crippen molar-refractivity contribution in [3.8, 4) is 0 Å². The second-order valence-electron chi connectivity index (χ2n) is 5.39. The Morgan fingerprint density at radius 1 is 0.955 bits per heavy atom. The summed E-state index contributed by atoms with van der Waals surface area (Å²) in [5.74, 6) is -0.267. The molecule has 0 spiro atoms. The fourth-order valence-electron chi connectivity index (χ4n) is 1.67. The highest BCUT2D eigenvalue weighted by Gasteiger charge is 2.07. The molecule has 4 nitrogen and oxygen atoms in total. The van der Waals surface area contributed by atoms with Crippen molar-refractivity contribution in [1.29, 1.82) is 0 Å². The molecule has 2 atom stereocenters. The Kier molecular flexibility index (Phi) is 14.4. The molecule has 0 saturated carbocycles. The Morgan fingerprint density at radius 3 is 2.00 bits per heavy atom. The number of rotatable bonds is 13. The van der Waals surface area contributed by atoms with Gasteiger partial charge < -0.3 is 9.47 Å². The van der Waals surface area contributed by atoms with Crippen LogP contribution in [0.2, 0.25) is 0 Å². The first-order valence-electron chi connectivity index (χ1n) is 8.05. The molecule has 0 bridgehead atoms. The maximum Gasteiger partial charge on any atom is 0.305 e. The first kappa shape index (κ1) is 21.9. The van der Waals surface area contributed by atoms with Crippen molar-refractivity contribution < 1.29 is 19.1 Å². The van der Waals surface area contributed by atoms with Gasteiger partial charge in [0.25, 0.3) is 0 Å². The normalized spacial score (nSPS) is 13.5. The smallest absolute Gasteiger partial charge is 0.305 e. The van der Waals surface area contributed by atoms with Crippen molar-refractivity contribution in [3.63, 3.8) is 0 Å². The molecule has 0 aliphatic heterocycles. The summed E-state index contributed by atoms with van der Waals surface area (Å²) >= 11 is 6.83. The Hall–Kier alpha value is -0.100. The van der Waals surface area contributed by atoms with Crippen LogP contribution < -0.4 is 0 Å². The molecule has 2 unspecified atom stereocenters. The fourth-order valence-corrected chi connectivity index (χ4v) is 1.99. The van der Waals surface area contributed by atoms with Crippen molar-refractivity contribution in [3.05, 3.63) is 0 Å². The maximum atomic E-state index is 11.5. The summed E-state index contributed by atoms with van der Waals surface area (Å²) in [6.07, 6.45) is 6.20. The van der Waals surface area contributed by atoms with Crippen molar-refractivity contribution in [1.82, 2.24) is 0 Å². The van der Waals surface area contributed by atoms with E-state index < -0.39 is 0 Å². The fraction of sp³-hybridized carbons (Fsp3) is 0.875. The summed E-state index contributed by atoms with van der Waals surface area (Å²) in [5, 5.41) is 0. The first-order valence-corrected chi connectivity index (χ1v) is 9.88. The average molecular weight is 444 g/mol. The number of unbranched alkanes of at least 4 members (excludes halogenated alkanes) is 3. The predicted molar refractivity (Wildman–Crippen MR) is 95.6 cm³/mol. The second-order valence-corrected chi connectivity index (χ2v) is 8.25. The third-order valence-electron chi connectivity index (χ3n) is 3.16. The SMILES string of the molecule is CCC(Br)COC(=O)CCCCCCC(=O)OCCC(C)Br. The van der Waals surface area contributed by atoms with Gasteiger partial charge in [0.15, 0.2) is 0 Å². The highest BCUT2D eigenvalue weighted by atomic mass is 79.9. The maximum absolute atomic E-state index is 11.5. The van der Waals surface area contributed by atoms with Crippen molar-refractivity contribution in [2.45, 2.75) is 74.9 Å². The molecule has 22 heavy (non-hydrogen) atoms. The van der Waals surface area contributed by atoms with Crippen molar-refractivity contribution >= 4 is 43.8 Å². The van der Waals surface area contributed by atoms with E-state index in [1.165, 1.54) is 0 Å². The van der Waals surface area contributed by atoms with Gasteiger partial charge in [-0.15, -0.1) is 0 Å². The highest BCUT2D eigenvalue weighted by molar-refractivity contribution is 9.09. The third kappa shape index (κ3) is 14.8. The van der Waals surface area contributed by atoms with Gasteiger partial charge in [-0.2, -0.15) is 0 Å². The number of halogens is 2. The number of ether oxygens (including phenoxy) is 2. The Morgan fingerprint density at radius 2 is 1.50 bits per heavy atom. The lowest BCUT2D eigenvalue weighted by molar-refractivity contribution is -0.145. The minimum Gasteiger partial charge on any atom is -0.466 e. The molecule has 0 amide bonds. The van der Waals surface area contributed by atoms with Crippen LogP contribution in [0, 0.1) is 0 Å². The standard InChI is InChI=1S/C16H28Br2O4/c1-3-14(18)12-22-16(20)9-7-5-4-6-8-15(19)21-11-10-13(2)17/h13-14H,3-12H2,1-2H3. The minimum atomic E-state index is -0.138. The van der Waals surface area contributed by atoms with E-state index >= 15 is 0 Å². The molecular formula is C16H28Br2O4. The molecule has 0 heterocycles. The molecule has 0 radical (unpaired) electrons. The van der Waals surface area contributed by atoms with E-state index in [1.54, 1.807) is 0 Å². The monoisotopic (exact) mass is 442 g/mol. The zero-order valence-electron chi connectivity index (χ0n) is 13.6. The molecule has 0 saturated heterocycles. The van der Waals surface area contributed by atoms with Crippen LogP contribution in [0.25, 0.3) is 0 Å². The Balaban J connectivity index is 3.38. The van der Waals surface area contributed by atoms with E-state index in [2.05, 4.69) is 31.9 Å². The third-order valence-corrected chi connectivity index (χ3v) is 4.53. The summed E-state index contributed by atoms with van der Waals surface area (Å²) in [6, 6.07) is 0. The lowest BCUT2D eigenvalue weighted by Crippen LogP contribution is -2.12. The number of alkyl halides is 2. The topological polar surface area (TPSA) is 52.6 Å². The second kappa shape index (κ2) is 14.5. The summed E-state index contributed by atoms with van der Waals surface area (Å²) in [6.45, 7) is 4.98. The molecule has 0 N–H and O–H groups in total. The minimum absolute atomic E-state index is 0.129. The van der Waals surface area contributed by atoms with E-state index in [1.807, 2.05) is 13.8 Å². The molecule has 6 heteroatoms. The lowest BCUT2D eigenvalue weighted by atomic mass is 10.1. The molecule has 0 fully saturated rings. The number of carbonyl (C=O) groups excluding carboxylic acids is 2. The van der Waals surface area contributed by atoms with Crippen molar-refractivity contribution in [2.24, 2.45) is 0 Å². The molecule has 0 aromatic carbocycles. The number of hydrogen-bond acceptors (Lipinski definition) is 4. The van der Waals surface area contributed by atoms with Gasteiger partial charge >= 0.3 is 11.9 Å². The van der Waals surface area contributed by atoms with Crippen LogP contribution in [0.1, 0.15) is 65.2 Å². The van der Waals surface area contributed by atoms with Gasteiger partial charge in [0, 0.05) is 22.5 Å². The van der Waals surface area contributed by atoms with E-state index in [4.69, 9.17) is 9.47 Å². The van der Waals surface area contributed by atoms with Crippen LogP contribution >= 0.6 is 31.9 Å². The van der Waals surface area contributed by atoms with Gasteiger partial charge in [-0.05, 0) is 25.7 Å². The summed E-state index contributed by atoms with van der Waals surface area (Å²) < 4.78 is 10.3. The van der Waals surface area contributed by atoms with Crippen LogP contribution in [0.15, 0.2) is 0 Å². The first-order chi connectivity index (χ1) is 10.5. The van der Waals surface area contributed by atoms with Crippen LogP contribution in [0.4, 0.5) is 0 Å². The predicted octanol–water partition coefficient (Wildman–Crippen LogP) is 4.76. The van der Waals surface area contributed by atoms with Gasteiger partial charge in [-0.1, -0.05) is 58.5 Å². The zero-order valence-corrected chi connectivity index (χ0v) is 16.8. The largest absolute Gasteiger partial charge is 0.466 e. The summed E-state index contributed by atoms with van der Waals surface area (Å²) in [4.78, 5) is 23.5. The number of hydrogen-bond donors (Lipinski definition) is 0.